The summed E-state index contributed by atoms with van der Waals surface area (Å²) >= 11 is 2.18. The Morgan fingerprint density at radius 3 is 2.56 bits per heavy atom. The second-order valence-corrected chi connectivity index (χ2v) is 8.01. The van der Waals surface area contributed by atoms with Gasteiger partial charge in [0.1, 0.15) is 6.04 Å². The van der Waals surface area contributed by atoms with Gasteiger partial charge in [-0.2, -0.15) is 10.5 Å². The molecule has 0 spiro atoms. The molecular formula is C21H15IN4O. The third-order valence-electron chi connectivity index (χ3n) is 5.44. The summed E-state index contributed by atoms with van der Waals surface area (Å²) in [7, 11) is 0. The number of hydrogen-bond acceptors (Lipinski definition) is 4. The van der Waals surface area contributed by atoms with Crippen molar-refractivity contribution in [1.82, 2.24) is 4.90 Å². The fourth-order valence-electron chi connectivity index (χ4n) is 4.39. The summed E-state index contributed by atoms with van der Waals surface area (Å²) in [6.07, 6.45) is 3.69. The fourth-order valence-corrected chi connectivity index (χ4v) is 4.96. The number of rotatable bonds is 2. The lowest BCUT2D eigenvalue weighted by molar-refractivity contribution is -0.122. The van der Waals surface area contributed by atoms with E-state index in [1.165, 1.54) is 0 Å². The van der Waals surface area contributed by atoms with E-state index in [2.05, 4.69) is 34.7 Å². The number of benzene rings is 2. The lowest BCUT2D eigenvalue weighted by atomic mass is 9.68. The summed E-state index contributed by atoms with van der Waals surface area (Å²) in [4.78, 5) is 14.3. The number of hydrogen-bond donors (Lipinski definition) is 1. The molecule has 2 aromatic rings. The van der Waals surface area contributed by atoms with Crippen LogP contribution < -0.4 is 5.73 Å². The molecule has 1 fully saturated rings. The predicted octanol–water partition coefficient (Wildman–Crippen LogP) is 3.30. The summed E-state index contributed by atoms with van der Waals surface area (Å²) in [5.41, 5.74) is 6.93. The largest absolute Gasteiger partial charge is 0.368 e. The monoisotopic (exact) mass is 466 g/mol. The van der Waals surface area contributed by atoms with Gasteiger partial charge in [-0.05, 0) is 57.5 Å². The maximum atomic E-state index is 12.5. The van der Waals surface area contributed by atoms with Gasteiger partial charge in [-0.25, -0.2) is 0 Å². The minimum absolute atomic E-state index is 0.541. The smallest absolute Gasteiger partial charge is 0.240 e. The first-order valence-corrected chi connectivity index (χ1v) is 9.53. The number of fused-ring (bicyclic) bond motifs is 3. The number of nitriles is 2. The topological polar surface area (TPSA) is 93.9 Å². The maximum absolute atomic E-state index is 12.5. The van der Waals surface area contributed by atoms with Crippen LogP contribution in [0.2, 0.25) is 0 Å². The van der Waals surface area contributed by atoms with Gasteiger partial charge in [-0.1, -0.05) is 36.4 Å². The molecule has 1 amide bonds. The summed E-state index contributed by atoms with van der Waals surface area (Å²) in [6, 6.07) is 18.4. The average molecular weight is 466 g/mol. The van der Waals surface area contributed by atoms with E-state index >= 15 is 0 Å². The van der Waals surface area contributed by atoms with Gasteiger partial charge < -0.3 is 10.6 Å². The summed E-state index contributed by atoms with van der Waals surface area (Å²) in [5, 5.41) is 20.4. The van der Waals surface area contributed by atoms with E-state index in [1.54, 1.807) is 11.1 Å². The van der Waals surface area contributed by atoms with E-state index in [0.717, 1.165) is 20.3 Å². The number of amides is 1. The van der Waals surface area contributed by atoms with Gasteiger partial charge in [0.15, 0.2) is 5.41 Å². The van der Waals surface area contributed by atoms with Crippen molar-refractivity contribution >= 4 is 34.6 Å². The zero-order valence-electron chi connectivity index (χ0n) is 14.2. The van der Waals surface area contributed by atoms with Crippen LogP contribution in [0.15, 0.2) is 54.7 Å². The highest BCUT2D eigenvalue weighted by atomic mass is 127. The highest BCUT2D eigenvalue weighted by molar-refractivity contribution is 14.1. The van der Waals surface area contributed by atoms with Crippen molar-refractivity contribution < 1.29 is 4.79 Å². The number of nitrogens with zero attached hydrogens (tertiary/aromatic N) is 3. The normalized spacial score (nSPS) is 24.4. The fraction of sp³-hybridized carbons (Fsp3) is 0.190. The molecule has 0 aromatic heterocycles. The molecule has 2 heterocycles. The molecular weight excluding hydrogens is 451 g/mol. The lowest BCUT2D eigenvalue weighted by Gasteiger charge is -2.34. The Kier molecular flexibility index (Phi) is 4.16. The highest BCUT2D eigenvalue weighted by Gasteiger charge is 2.63. The van der Waals surface area contributed by atoms with Gasteiger partial charge in [0.25, 0.3) is 0 Å². The Balaban J connectivity index is 2.02. The van der Waals surface area contributed by atoms with E-state index in [9.17, 15) is 15.3 Å². The molecule has 1 saturated heterocycles. The Morgan fingerprint density at radius 1 is 1.15 bits per heavy atom. The van der Waals surface area contributed by atoms with E-state index in [4.69, 9.17) is 5.73 Å². The van der Waals surface area contributed by atoms with Crippen molar-refractivity contribution in [2.45, 2.75) is 18.0 Å². The second kappa shape index (κ2) is 6.40. The third kappa shape index (κ3) is 2.44. The molecule has 0 aliphatic carbocycles. The third-order valence-corrected chi connectivity index (χ3v) is 6.11. The molecule has 2 N–H and O–H groups in total. The van der Waals surface area contributed by atoms with Gasteiger partial charge in [0, 0.05) is 15.7 Å². The molecule has 2 aliphatic rings. The molecule has 132 valence electrons. The van der Waals surface area contributed by atoms with Crippen LogP contribution in [0, 0.1) is 31.6 Å². The number of primary amides is 1. The van der Waals surface area contributed by atoms with Crippen molar-refractivity contribution in [3.05, 3.63) is 75.0 Å². The summed E-state index contributed by atoms with van der Waals surface area (Å²) in [6.45, 7) is 0. The van der Waals surface area contributed by atoms with Gasteiger partial charge in [-0.3, -0.25) is 4.79 Å². The minimum atomic E-state index is -1.44. The number of nitrogens with two attached hydrogens (primary N) is 1. The SMILES string of the molecule is N#CC1(C#N)[C@@H](c2cccc(I)c2)[C@H](C(N)=O)N2C=Cc3ccccc3[C@@H]21. The van der Waals surface area contributed by atoms with E-state index in [-0.39, 0.29) is 0 Å². The molecule has 2 aromatic carbocycles. The summed E-state index contributed by atoms with van der Waals surface area (Å²) in [5.74, 6) is -1.19. The second-order valence-electron chi connectivity index (χ2n) is 6.77. The Bertz CT molecular complexity index is 1030. The molecule has 0 radical (unpaired) electrons. The van der Waals surface area contributed by atoms with Crippen molar-refractivity contribution in [2.75, 3.05) is 0 Å². The molecule has 6 heteroatoms. The van der Waals surface area contributed by atoms with Gasteiger partial charge in [0.2, 0.25) is 5.91 Å². The van der Waals surface area contributed by atoms with Crippen LogP contribution in [-0.2, 0) is 4.79 Å². The van der Waals surface area contributed by atoms with Gasteiger partial charge in [0.05, 0.1) is 18.2 Å². The molecule has 3 atom stereocenters. The number of carbonyl (C=O) groups excluding carboxylic acids is 1. The predicted molar refractivity (Wildman–Crippen MR) is 109 cm³/mol. The van der Waals surface area contributed by atoms with Crippen LogP contribution in [0.1, 0.15) is 28.7 Å². The molecule has 5 nitrogen and oxygen atoms in total. The van der Waals surface area contributed by atoms with Gasteiger partial charge >= 0.3 is 0 Å². The van der Waals surface area contributed by atoms with Gasteiger partial charge in [-0.15, -0.1) is 0 Å². The van der Waals surface area contributed by atoms with Crippen LogP contribution in [0.4, 0.5) is 0 Å². The van der Waals surface area contributed by atoms with Crippen LogP contribution in [0.3, 0.4) is 0 Å². The standard InChI is InChI=1S/C21H15IN4O/c22-15-6-3-5-14(10-15)17-18(20(25)27)26-9-8-13-4-1-2-7-16(13)19(26)21(17,11-23)12-24/h1-10,17-19H,(H2,25,27)/t17-,18+,19+/m0/s1. The van der Waals surface area contributed by atoms with Crippen LogP contribution in [-0.4, -0.2) is 16.8 Å². The Hall–Kier alpha value is -2.84. The first-order chi connectivity index (χ1) is 13.0. The molecule has 27 heavy (non-hydrogen) atoms. The molecule has 2 aliphatic heterocycles. The zero-order chi connectivity index (χ0) is 19.2. The number of halogens is 1. The van der Waals surface area contributed by atoms with Crippen molar-refractivity contribution in [3.63, 3.8) is 0 Å². The number of carbonyl (C=O) groups is 1. The average Bonchev–Trinajstić information content (AvgIpc) is 2.99. The molecule has 0 bridgehead atoms. The van der Waals surface area contributed by atoms with Crippen molar-refractivity contribution in [3.8, 4) is 12.1 Å². The maximum Gasteiger partial charge on any atom is 0.240 e. The Morgan fingerprint density at radius 2 is 1.89 bits per heavy atom. The summed E-state index contributed by atoms with van der Waals surface area (Å²) < 4.78 is 0.971. The first kappa shape index (κ1) is 17.6. The minimum Gasteiger partial charge on any atom is -0.368 e. The molecule has 0 unspecified atom stereocenters. The highest BCUT2D eigenvalue weighted by Crippen LogP contribution is 2.59. The van der Waals surface area contributed by atoms with Crippen LogP contribution in [0.25, 0.3) is 6.08 Å². The van der Waals surface area contributed by atoms with Crippen molar-refractivity contribution in [1.29, 1.82) is 10.5 Å². The van der Waals surface area contributed by atoms with E-state index in [1.807, 2.05) is 54.6 Å². The van der Waals surface area contributed by atoms with Crippen LogP contribution >= 0.6 is 22.6 Å². The quantitative estimate of drug-likeness (QED) is 0.688. The first-order valence-electron chi connectivity index (χ1n) is 8.45. The molecule has 4 rings (SSSR count). The van der Waals surface area contributed by atoms with E-state index < -0.39 is 29.3 Å². The zero-order valence-corrected chi connectivity index (χ0v) is 16.4. The van der Waals surface area contributed by atoms with Crippen molar-refractivity contribution in [2.24, 2.45) is 11.1 Å². The molecule has 0 saturated carbocycles. The lowest BCUT2D eigenvalue weighted by Crippen LogP contribution is -2.41. The van der Waals surface area contributed by atoms with E-state index in [0.29, 0.717) is 0 Å². The Labute approximate surface area is 170 Å². The van der Waals surface area contributed by atoms with Crippen LogP contribution in [0.5, 0.6) is 0 Å².